The van der Waals surface area contributed by atoms with E-state index in [1.807, 2.05) is 40.9 Å². The van der Waals surface area contributed by atoms with Gasteiger partial charge in [-0.1, -0.05) is 121 Å². The predicted octanol–water partition coefficient (Wildman–Crippen LogP) is 12.4. The maximum atomic E-state index is 6.26. The molecule has 0 spiro atoms. The van der Waals surface area contributed by atoms with Crippen LogP contribution in [-0.4, -0.2) is 24.1 Å². The van der Waals surface area contributed by atoms with Crippen LogP contribution in [0, 0.1) is 0 Å². The van der Waals surface area contributed by atoms with Gasteiger partial charge in [-0.15, -0.1) is 5.10 Å². The third kappa shape index (κ3) is 3.84. The lowest BCUT2D eigenvalue weighted by molar-refractivity contribution is 0.669. The van der Waals surface area contributed by atoms with Crippen molar-refractivity contribution < 1.29 is 4.42 Å². The Kier molecular flexibility index (Phi) is 5.54. The molecule has 6 heteroatoms. The smallest absolute Gasteiger partial charge is 0.253 e. The quantitative estimate of drug-likeness (QED) is 0.184. The molecular formula is C49H27N5O. The van der Waals surface area contributed by atoms with E-state index in [0.717, 1.165) is 55.3 Å². The highest BCUT2D eigenvalue weighted by molar-refractivity contribution is 6.30. The largest absolute Gasteiger partial charge is 0.456 e. The van der Waals surface area contributed by atoms with Crippen LogP contribution in [0.5, 0.6) is 0 Å². The van der Waals surface area contributed by atoms with Crippen LogP contribution in [0.3, 0.4) is 0 Å². The van der Waals surface area contributed by atoms with Gasteiger partial charge in [0.1, 0.15) is 11.2 Å². The van der Waals surface area contributed by atoms with Gasteiger partial charge in [-0.3, -0.25) is 0 Å². The fourth-order valence-corrected chi connectivity index (χ4v) is 9.25. The van der Waals surface area contributed by atoms with Crippen molar-refractivity contribution in [3.63, 3.8) is 0 Å². The molecule has 4 aromatic heterocycles. The highest BCUT2D eigenvalue weighted by atomic mass is 16.3. The molecule has 55 heavy (non-hydrogen) atoms. The summed E-state index contributed by atoms with van der Waals surface area (Å²) in [5, 5.41) is 13.3. The summed E-state index contributed by atoms with van der Waals surface area (Å²) in [7, 11) is 0. The van der Waals surface area contributed by atoms with E-state index in [9.17, 15) is 0 Å². The second-order valence-corrected chi connectivity index (χ2v) is 14.4. The molecule has 0 bridgehead atoms. The SMILES string of the molecule is c1cc(-c2nc3nc(-c4cccc5oc6ccccc6c45)c4ccccc4n3n2)cc(-n2c3cccc4c3c3c5c(cccc5ccc32)-c2ccccc2-4)c1. The minimum atomic E-state index is 0.542. The van der Waals surface area contributed by atoms with E-state index in [4.69, 9.17) is 19.5 Å². The van der Waals surface area contributed by atoms with Crippen LogP contribution < -0.4 is 0 Å². The van der Waals surface area contributed by atoms with Gasteiger partial charge in [0, 0.05) is 43.7 Å². The van der Waals surface area contributed by atoms with Crippen molar-refractivity contribution in [2.24, 2.45) is 0 Å². The van der Waals surface area contributed by atoms with E-state index in [1.165, 1.54) is 54.8 Å². The van der Waals surface area contributed by atoms with Crippen molar-refractivity contribution in [3.05, 3.63) is 164 Å². The number of fused-ring (bicyclic) bond motifs is 9. The molecule has 8 aromatic carbocycles. The zero-order valence-electron chi connectivity index (χ0n) is 29.2. The molecule has 0 saturated carbocycles. The molecule has 12 aromatic rings. The van der Waals surface area contributed by atoms with E-state index in [2.05, 4.69) is 132 Å². The Balaban J connectivity index is 1.03. The van der Waals surface area contributed by atoms with Crippen LogP contribution in [-0.2, 0) is 0 Å². The van der Waals surface area contributed by atoms with E-state index >= 15 is 0 Å². The molecule has 13 rings (SSSR count). The number of para-hydroxylation sites is 2. The number of hydrogen-bond donors (Lipinski definition) is 0. The molecular weight excluding hydrogens is 675 g/mol. The lowest BCUT2D eigenvalue weighted by Gasteiger charge is -2.14. The molecule has 0 radical (unpaired) electrons. The normalized spacial score (nSPS) is 12.4. The van der Waals surface area contributed by atoms with E-state index in [-0.39, 0.29) is 0 Å². The van der Waals surface area contributed by atoms with Crippen molar-refractivity contribution in [2.75, 3.05) is 0 Å². The first-order chi connectivity index (χ1) is 27.3. The Morgan fingerprint density at radius 2 is 1.11 bits per heavy atom. The fraction of sp³-hybridized carbons (Fsp3) is 0. The zero-order valence-corrected chi connectivity index (χ0v) is 29.2. The van der Waals surface area contributed by atoms with E-state index < -0.39 is 0 Å². The molecule has 0 amide bonds. The number of nitrogens with zero attached hydrogens (tertiary/aromatic N) is 5. The van der Waals surface area contributed by atoms with Crippen LogP contribution in [0.25, 0.3) is 122 Å². The second kappa shape index (κ2) is 10.5. The van der Waals surface area contributed by atoms with Crippen LogP contribution in [0.2, 0.25) is 0 Å². The van der Waals surface area contributed by atoms with Gasteiger partial charge >= 0.3 is 0 Å². The Bertz CT molecular complexity index is 3620. The summed E-state index contributed by atoms with van der Waals surface area (Å²) < 4.78 is 10.5. The van der Waals surface area contributed by atoms with Gasteiger partial charge in [0.2, 0.25) is 0 Å². The molecule has 254 valence electrons. The summed E-state index contributed by atoms with van der Waals surface area (Å²) in [5.41, 5.74) is 13.9. The zero-order chi connectivity index (χ0) is 35.8. The topological polar surface area (TPSA) is 61.1 Å². The Morgan fingerprint density at radius 3 is 2.02 bits per heavy atom. The first-order valence-electron chi connectivity index (χ1n) is 18.5. The van der Waals surface area contributed by atoms with Gasteiger partial charge < -0.3 is 8.98 Å². The van der Waals surface area contributed by atoms with Crippen LogP contribution >= 0.6 is 0 Å². The van der Waals surface area contributed by atoms with Gasteiger partial charge in [-0.25, -0.2) is 4.98 Å². The third-order valence-corrected chi connectivity index (χ3v) is 11.5. The first kappa shape index (κ1) is 28.9. The van der Waals surface area contributed by atoms with Gasteiger partial charge in [-0.05, 0) is 75.5 Å². The number of furan rings is 1. The summed E-state index contributed by atoms with van der Waals surface area (Å²) in [4.78, 5) is 10.3. The van der Waals surface area contributed by atoms with Crippen molar-refractivity contribution in [3.8, 4) is 50.6 Å². The Labute approximate surface area is 313 Å². The van der Waals surface area contributed by atoms with Gasteiger partial charge in [0.05, 0.1) is 22.2 Å². The lowest BCUT2D eigenvalue weighted by atomic mass is 9.93. The fourth-order valence-electron chi connectivity index (χ4n) is 9.25. The molecule has 0 N–H and O–H groups in total. The molecule has 1 aliphatic rings. The average Bonchev–Trinajstić information content (AvgIpc) is 3.93. The summed E-state index contributed by atoms with van der Waals surface area (Å²) in [5.74, 6) is 1.16. The summed E-state index contributed by atoms with van der Waals surface area (Å²) >= 11 is 0. The molecule has 0 saturated heterocycles. The van der Waals surface area contributed by atoms with Crippen molar-refractivity contribution in [2.45, 2.75) is 0 Å². The van der Waals surface area contributed by atoms with Crippen LogP contribution in [0.4, 0.5) is 0 Å². The molecule has 0 aliphatic heterocycles. The van der Waals surface area contributed by atoms with Crippen LogP contribution in [0.15, 0.2) is 168 Å². The van der Waals surface area contributed by atoms with Gasteiger partial charge in [-0.2, -0.15) is 9.50 Å². The number of rotatable bonds is 3. The number of hydrogen-bond acceptors (Lipinski definition) is 4. The monoisotopic (exact) mass is 701 g/mol. The summed E-state index contributed by atoms with van der Waals surface area (Å²) in [6, 6.07) is 58.0. The molecule has 0 fully saturated rings. The van der Waals surface area contributed by atoms with Crippen molar-refractivity contribution in [1.82, 2.24) is 24.1 Å². The standard InChI is InChI=1S/C49H27N5O/c1-2-15-32-31(14-1)33-18-8-11-28-25-26-40-46(43(28)33)45-34(32)19-9-22-39(45)53(40)30-13-7-12-29(27-30)48-51-49-50-47(35-16-3-5-21-38(35)54(49)52-48)37-20-10-24-42-44(37)36-17-4-6-23-41(36)55-42/h1-27H. The lowest BCUT2D eigenvalue weighted by Crippen LogP contribution is -1.97. The Hall–Kier alpha value is -7.57. The molecule has 0 unspecified atom stereocenters. The highest BCUT2D eigenvalue weighted by Gasteiger charge is 2.25. The minimum Gasteiger partial charge on any atom is -0.456 e. The number of benzene rings is 8. The first-order valence-corrected chi connectivity index (χ1v) is 18.5. The Morgan fingerprint density at radius 1 is 0.436 bits per heavy atom. The summed E-state index contributed by atoms with van der Waals surface area (Å²) in [6.07, 6.45) is 0. The van der Waals surface area contributed by atoms with Crippen molar-refractivity contribution in [1.29, 1.82) is 0 Å². The maximum absolute atomic E-state index is 6.26. The van der Waals surface area contributed by atoms with E-state index in [0.29, 0.717) is 11.6 Å². The minimum absolute atomic E-state index is 0.542. The second-order valence-electron chi connectivity index (χ2n) is 14.4. The van der Waals surface area contributed by atoms with Crippen LogP contribution in [0.1, 0.15) is 0 Å². The van der Waals surface area contributed by atoms with Gasteiger partial charge in [0.15, 0.2) is 5.82 Å². The molecule has 0 atom stereocenters. The molecule has 4 heterocycles. The number of aromatic nitrogens is 5. The molecule has 1 aliphatic carbocycles. The average molecular weight is 702 g/mol. The molecule has 6 nitrogen and oxygen atoms in total. The van der Waals surface area contributed by atoms with E-state index in [1.54, 1.807) is 0 Å². The third-order valence-electron chi connectivity index (χ3n) is 11.5. The van der Waals surface area contributed by atoms with Crippen molar-refractivity contribution >= 4 is 71.2 Å². The van der Waals surface area contributed by atoms with Gasteiger partial charge in [0.25, 0.3) is 5.78 Å². The highest BCUT2D eigenvalue weighted by Crippen LogP contribution is 2.49. The summed E-state index contributed by atoms with van der Waals surface area (Å²) in [6.45, 7) is 0. The maximum Gasteiger partial charge on any atom is 0.253 e. The predicted molar refractivity (Wildman–Crippen MR) is 223 cm³/mol.